The summed E-state index contributed by atoms with van der Waals surface area (Å²) in [6.45, 7) is 0.485. The highest BCUT2D eigenvalue weighted by molar-refractivity contribution is 7.93. The Morgan fingerprint density at radius 2 is 1.94 bits per heavy atom. The third-order valence-electron chi connectivity index (χ3n) is 4.77. The minimum absolute atomic E-state index is 0.0424. The maximum absolute atomic E-state index is 13.0. The van der Waals surface area contributed by atoms with Crippen molar-refractivity contribution in [3.05, 3.63) is 69.3 Å². The summed E-state index contributed by atoms with van der Waals surface area (Å²) in [4.78, 5) is 28.1. The Kier molecular flexibility index (Phi) is 6.33. The fourth-order valence-electron chi connectivity index (χ4n) is 2.97. The lowest BCUT2D eigenvalue weighted by atomic mass is 10.3. The minimum Gasteiger partial charge on any atom is -0.354 e. The molecule has 4 rings (SSSR count). The molecule has 0 bridgehead atoms. The van der Waals surface area contributed by atoms with Crippen LogP contribution in [0.3, 0.4) is 0 Å². The number of aromatic nitrogens is 3. The summed E-state index contributed by atoms with van der Waals surface area (Å²) < 4.78 is 41.3. The Hall–Kier alpha value is -3.12. The molecule has 2 heterocycles. The smallest absolute Gasteiger partial charge is 0.266 e. The highest BCUT2D eigenvalue weighted by Gasteiger charge is 2.25. The zero-order valence-electron chi connectivity index (χ0n) is 16.8. The van der Waals surface area contributed by atoms with Gasteiger partial charge in [0.2, 0.25) is 5.91 Å². The molecule has 1 saturated carbocycles. The van der Waals surface area contributed by atoms with Gasteiger partial charge in [-0.15, -0.1) is 11.3 Å². The summed E-state index contributed by atoms with van der Waals surface area (Å²) in [5, 5.41) is 8.73. The molecule has 0 unspecified atom stereocenters. The van der Waals surface area contributed by atoms with Crippen molar-refractivity contribution in [2.24, 2.45) is 0 Å². The molecule has 0 aliphatic heterocycles. The van der Waals surface area contributed by atoms with Crippen LogP contribution in [0.1, 0.15) is 30.1 Å². The van der Waals surface area contributed by atoms with Crippen LogP contribution in [-0.2, 0) is 27.8 Å². The van der Waals surface area contributed by atoms with Crippen LogP contribution in [0, 0.1) is 5.82 Å². The average Bonchev–Trinajstić information content (AvgIpc) is 3.51. The first-order chi connectivity index (χ1) is 15.3. The van der Waals surface area contributed by atoms with Gasteiger partial charge in [-0.1, -0.05) is 0 Å². The first-order valence-corrected chi connectivity index (χ1v) is 12.2. The molecule has 3 aromatic rings. The van der Waals surface area contributed by atoms with E-state index in [0.717, 1.165) is 54.1 Å². The van der Waals surface area contributed by atoms with Crippen molar-refractivity contribution < 1.29 is 17.6 Å². The molecule has 1 amide bonds. The molecule has 0 atom stereocenters. The number of nitrogens with zero attached hydrogens (tertiary/aromatic N) is 3. The second-order valence-corrected chi connectivity index (χ2v) is 9.86. The van der Waals surface area contributed by atoms with Crippen LogP contribution in [0.5, 0.6) is 0 Å². The Morgan fingerprint density at radius 3 is 2.66 bits per heavy atom. The molecule has 12 heteroatoms. The lowest BCUT2D eigenvalue weighted by molar-refractivity contribution is -0.120. The second-order valence-electron chi connectivity index (χ2n) is 7.32. The van der Waals surface area contributed by atoms with Crippen LogP contribution in [0.2, 0.25) is 0 Å². The molecule has 9 nitrogen and oxygen atoms in total. The fourth-order valence-corrected chi connectivity index (χ4v) is 4.94. The molecule has 1 aliphatic rings. The van der Waals surface area contributed by atoms with E-state index in [-0.39, 0.29) is 41.0 Å². The van der Waals surface area contributed by atoms with E-state index in [1.165, 1.54) is 10.7 Å². The third kappa shape index (κ3) is 5.56. The van der Waals surface area contributed by atoms with Crippen LogP contribution < -0.4 is 15.6 Å². The number of hydrogen-bond acceptors (Lipinski definition) is 7. The van der Waals surface area contributed by atoms with Gasteiger partial charge in [0, 0.05) is 23.9 Å². The summed E-state index contributed by atoms with van der Waals surface area (Å²) in [5.41, 5.74) is 1.07. The van der Waals surface area contributed by atoms with Crippen LogP contribution >= 0.6 is 11.3 Å². The molecule has 1 aromatic carbocycles. The lowest BCUT2D eigenvalue weighted by Crippen LogP contribution is -2.33. The molecule has 0 spiro atoms. The SMILES string of the molecule is O=C(Cc1csc(NS(=O)(=O)c2ccc(F)cc2)n1)NCCn1nc(C2CC2)ccc1=O. The maximum Gasteiger partial charge on any atom is 0.266 e. The zero-order chi connectivity index (χ0) is 22.7. The number of carbonyl (C=O) groups is 1. The summed E-state index contributed by atoms with van der Waals surface area (Å²) in [5.74, 6) is -0.423. The summed E-state index contributed by atoms with van der Waals surface area (Å²) in [7, 11) is -3.91. The number of hydrogen-bond donors (Lipinski definition) is 2. The van der Waals surface area contributed by atoms with Crippen LogP contribution in [-0.4, -0.2) is 35.6 Å². The van der Waals surface area contributed by atoms with Crippen molar-refractivity contribution in [1.82, 2.24) is 20.1 Å². The number of anilines is 1. The van der Waals surface area contributed by atoms with Crippen LogP contribution in [0.25, 0.3) is 0 Å². The molecular formula is C20H20FN5O4S2. The van der Waals surface area contributed by atoms with E-state index in [2.05, 4.69) is 20.1 Å². The Balaban J connectivity index is 1.29. The van der Waals surface area contributed by atoms with Gasteiger partial charge in [0.1, 0.15) is 5.82 Å². The first kappa shape index (κ1) is 22.1. The molecule has 1 fully saturated rings. The van der Waals surface area contributed by atoms with E-state index in [4.69, 9.17) is 0 Å². The largest absolute Gasteiger partial charge is 0.354 e. The first-order valence-electron chi connectivity index (χ1n) is 9.88. The monoisotopic (exact) mass is 477 g/mol. The Labute approximate surface area is 187 Å². The normalized spacial score (nSPS) is 13.7. The summed E-state index contributed by atoms with van der Waals surface area (Å²) >= 11 is 1.04. The van der Waals surface area contributed by atoms with E-state index >= 15 is 0 Å². The number of benzene rings is 1. The number of thiazole rings is 1. The highest BCUT2D eigenvalue weighted by Crippen LogP contribution is 2.38. The van der Waals surface area contributed by atoms with Gasteiger partial charge >= 0.3 is 0 Å². The molecule has 1 aliphatic carbocycles. The van der Waals surface area contributed by atoms with Gasteiger partial charge in [0.15, 0.2) is 5.13 Å². The predicted octanol–water partition coefficient (Wildman–Crippen LogP) is 1.88. The van der Waals surface area contributed by atoms with Crippen molar-refractivity contribution >= 4 is 32.4 Å². The number of amides is 1. The topological polar surface area (TPSA) is 123 Å². The molecule has 168 valence electrons. The fraction of sp³-hybridized carbons (Fsp3) is 0.300. The highest BCUT2D eigenvalue weighted by atomic mass is 32.2. The quantitative estimate of drug-likeness (QED) is 0.485. The van der Waals surface area contributed by atoms with E-state index < -0.39 is 15.8 Å². The summed E-state index contributed by atoms with van der Waals surface area (Å²) in [6.07, 6.45) is 2.12. The van der Waals surface area contributed by atoms with Gasteiger partial charge in [-0.3, -0.25) is 14.3 Å². The van der Waals surface area contributed by atoms with Gasteiger partial charge in [0.25, 0.3) is 15.6 Å². The predicted molar refractivity (Wildman–Crippen MR) is 117 cm³/mol. The molecular weight excluding hydrogens is 457 g/mol. The standard InChI is InChI=1S/C20H20FN5O4S2/c21-14-3-5-16(6-4-14)32(29,30)25-20-23-15(12-31-20)11-18(27)22-9-10-26-19(28)8-7-17(24-26)13-1-2-13/h3-8,12-13H,1-2,9-11H2,(H,22,27)(H,23,25). The van der Waals surface area contributed by atoms with Crippen molar-refractivity contribution in [1.29, 1.82) is 0 Å². The number of sulfonamides is 1. The third-order valence-corrected chi connectivity index (χ3v) is 7.06. The molecule has 0 radical (unpaired) electrons. The van der Waals surface area contributed by atoms with Crippen molar-refractivity contribution in [2.45, 2.75) is 36.6 Å². The van der Waals surface area contributed by atoms with Gasteiger partial charge < -0.3 is 5.32 Å². The maximum atomic E-state index is 13.0. The van der Waals surface area contributed by atoms with Crippen molar-refractivity contribution in [3.63, 3.8) is 0 Å². The number of nitrogens with one attached hydrogen (secondary N) is 2. The van der Waals surface area contributed by atoms with Crippen molar-refractivity contribution in [3.8, 4) is 0 Å². The second kappa shape index (κ2) is 9.17. The van der Waals surface area contributed by atoms with E-state index in [0.29, 0.717) is 11.6 Å². The van der Waals surface area contributed by atoms with E-state index in [1.54, 1.807) is 11.4 Å². The van der Waals surface area contributed by atoms with Crippen LogP contribution in [0.4, 0.5) is 9.52 Å². The van der Waals surface area contributed by atoms with Crippen molar-refractivity contribution in [2.75, 3.05) is 11.3 Å². The molecule has 32 heavy (non-hydrogen) atoms. The van der Waals surface area contributed by atoms with E-state index in [9.17, 15) is 22.4 Å². The Bertz CT molecular complexity index is 1280. The molecule has 2 N–H and O–H groups in total. The number of carbonyl (C=O) groups excluding carboxylic acids is 1. The summed E-state index contributed by atoms with van der Waals surface area (Å²) in [6, 6.07) is 7.65. The minimum atomic E-state index is -3.91. The molecule has 0 saturated heterocycles. The van der Waals surface area contributed by atoms with Gasteiger partial charge in [0.05, 0.1) is 29.2 Å². The number of rotatable bonds is 9. The average molecular weight is 478 g/mol. The lowest BCUT2D eigenvalue weighted by Gasteiger charge is -2.07. The molecule has 2 aromatic heterocycles. The van der Waals surface area contributed by atoms with E-state index in [1.807, 2.05) is 0 Å². The number of halogens is 1. The zero-order valence-corrected chi connectivity index (χ0v) is 18.5. The van der Waals surface area contributed by atoms with Gasteiger partial charge in [-0.05, 0) is 43.2 Å². The van der Waals surface area contributed by atoms with Gasteiger partial charge in [-0.25, -0.2) is 22.5 Å². The van der Waals surface area contributed by atoms with Gasteiger partial charge in [-0.2, -0.15) is 5.10 Å². The van der Waals surface area contributed by atoms with Crippen LogP contribution in [0.15, 0.2) is 51.5 Å². The Morgan fingerprint density at radius 1 is 1.19 bits per heavy atom.